The maximum atomic E-state index is 12.7. The summed E-state index contributed by atoms with van der Waals surface area (Å²) in [5, 5.41) is 0. The highest BCUT2D eigenvalue weighted by Gasteiger charge is 2.17. The Morgan fingerprint density at radius 2 is 1.58 bits per heavy atom. The first-order valence-corrected chi connectivity index (χ1v) is 11.3. The first-order valence-electron chi connectivity index (χ1n) is 9.80. The first-order chi connectivity index (χ1) is 15.8. The van der Waals surface area contributed by atoms with E-state index in [1.54, 1.807) is 48.5 Å². The van der Waals surface area contributed by atoms with Crippen molar-refractivity contribution in [3.05, 3.63) is 83.9 Å². The van der Waals surface area contributed by atoms with Crippen molar-refractivity contribution in [2.24, 2.45) is 0 Å². The van der Waals surface area contributed by atoms with Gasteiger partial charge in [-0.2, -0.15) is 0 Å². The molecule has 3 rings (SSSR count). The van der Waals surface area contributed by atoms with Crippen LogP contribution in [0, 0.1) is 0 Å². The minimum Gasteiger partial charge on any atom is -0.497 e. The maximum absolute atomic E-state index is 12.7. The van der Waals surface area contributed by atoms with Crippen LogP contribution in [0.4, 0.5) is 5.69 Å². The quantitative estimate of drug-likeness (QED) is 0.436. The predicted octanol–water partition coefficient (Wildman–Crippen LogP) is 2.51. The molecule has 0 saturated carbocycles. The molecule has 0 heterocycles. The van der Waals surface area contributed by atoms with Crippen LogP contribution < -0.4 is 25.0 Å². The average molecular weight is 470 g/mol. The van der Waals surface area contributed by atoms with Gasteiger partial charge in [-0.25, -0.2) is 8.42 Å². The zero-order chi connectivity index (χ0) is 23.8. The van der Waals surface area contributed by atoms with Gasteiger partial charge in [0, 0.05) is 16.8 Å². The highest BCUT2D eigenvalue weighted by Crippen LogP contribution is 2.20. The SMILES string of the molecule is COc1ccc(NS(=O)(=O)c2cccc(C(=O)NNC(=O)Cc3ccccc3OC)c2)cc1. The van der Waals surface area contributed by atoms with E-state index in [-0.39, 0.29) is 16.9 Å². The van der Waals surface area contributed by atoms with Crippen molar-refractivity contribution in [1.82, 2.24) is 10.9 Å². The second-order valence-electron chi connectivity index (χ2n) is 6.85. The molecule has 0 aromatic heterocycles. The number of para-hydroxylation sites is 1. The van der Waals surface area contributed by atoms with Crippen molar-refractivity contribution in [3.63, 3.8) is 0 Å². The van der Waals surface area contributed by atoms with Crippen molar-refractivity contribution in [2.45, 2.75) is 11.3 Å². The monoisotopic (exact) mass is 469 g/mol. The van der Waals surface area contributed by atoms with E-state index in [1.807, 2.05) is 0 Å². The summed E-state index contributed by atoms with van der Waals surface area (Å²) in [4.78, 5) is 24.5. The molecule has 0 fully saturated rings. The summed E-state index contributed by atoms with van der Waals surface area (Å²) in [6.07, 6.45) is -0.00943. The van der Waals surface area contributed by atoms with E-state index < -0.39 is 21.8 Å². The molecule has 33 heavy (non-hydrogen) atoms. The Hall–Kier alpha value is -4.05. The number of methoxy groups -OCH3 is 2. The lowest BCUT2D eigenvalue weighted by atomic mass is 10.1. The molecule has 10 heteroatoms. The zero-order valence-electron chi connectivity index (χ0n) is 18.0. The standard InChI is InChI=1S/C23H23N3O6S/c1-31-19-12-10-18(11-13-19)26-33(29,30)20-8-5-7-17(14-20)23(28)25-24-22(27)15-16-6-3-4-9-21(16)32-2/h3-14,26H,15H2,1-2H3,(H,24,27)(H,25,28). The highest BCUT2D eigenvalue weighted by molar-refractivity contribution is 7.92. The smallest absolute Gasteiger partial charge is 0.269 e. The van der Waals surface area contributed by atoms with E-state index >= 15 is 0 Å². The van der Waals surface area contributed by atoms with Crippen LogP contribution in [-0.2, 0) is 21.2 Å². The number of carbonyl (C=O) groups is 2. The van der Waals surface area contributed by atoms with Crippen LogP contribution in [0.25, 0.3) is 0 Å². The van der Waals surface area contributed by atoms with Crippen LogP contribution in [-0.4, -0.2) is 34.5 Å². The summed E-state index contributed by atoms with van der Waals surface area (Å²) in [7, 11) is -0.927. The topological polar surface area (TPSA) is 123 Å². The molecule has 0 aliphatic heterocycles. The summed E-state index contributed by atoms with van der Waals surface area (Å²) in [6.45, 7) is 0. The summed E-state index contributed by atoms with van der Waals surface area (Å²) < 4.78 is 38.1. The van der Waals surface area contributed by atoms with Gasteiger partial charge in [-0.05, 0) is 48.5 Å². The number of ether oxygens (including phenoxy) is 2. The third-order valence-corrected chi connectivity index (χ3v) is 5.99. The molecule has 0 bridgehead atoms. The molecule has 0 atom stereocenters. The molecule has 0 spiro atoms. The van der Waals surface area contributed by atoms with E-state index in [4.69, 9.17) is 9.47 Å². The molecule has 3 N–H and O–H groups in total. The second-order valence-corrected chi connectivity index (χ2v) is 8.54. The maximum Gasteiger partial charge on any atom is 0.269 e. The van der Waals surface area contributed by atoms with Gasteiger partial charge in [0.1, 0.15) is 11.5 Å². The fourth-order valence-corrected chi connectivity index (χ4v) is 4.05. The predicted molar refractivity (Wildman–Crippen MR) is 123 cm³/mol. The van der Waals surface area contributed by atoms with Gasteiger partial charge in [0.2, 0.25) is 5.91 Å². The first kappa shape index (κ1) is 23.6. The van der Waals surface area contributed by atoms with Gasteiger partial charge in [0.15, 0.2) is 0 Å². The minimum atomic E-state index is -3.94. The van der Waals surface area contributed by atoms with Crippen LogP contribution in [0.5, 0.6) is 11.5 Å². The number of anilines is 1. The number of hydrogen-bond donors (Lipinski definition) is 3. The normalized spacial score (nSPS) is 10.7. The number of hydrogen-bond acceptors (Lipinski definition) is 6. The molecular weight excluding hydrogens is 446 g/mol. The number of benzene rings is 3. The molecule has 0 aliphatic carbocycles. The number of hydrazine groups is 1. The Bertz CT molecular complexity index is 1240. The van der Waals surface area contributed by atoms with E-state index in [0.29, 0.717) is 22.7 Å². The largest absolute Gasteiger partial charge is 0.497 e. The van der Waals surface area contributed by atoms with Gasteiger partial charge in [0.25, 0.3) is 15.9 Å². The Morgan fingerprint density at radius 1 is 0.848 bits per heavy atom. The molecule has 0 unspecified atom stereocenters. The van der Waals surface area contributed by atoms with Crippen LogP contribution in [0.2, 0.25) is 0 Å². The third kappa shape index (κ3) is 6.23. The van der Waals surface area contributed by atoms with Crippen LogP contribution in [0.1, 0.15) is 15.9 Å². The molecule has 0 radical (unpaired) electrons. The Kier molecular flexibility index (Phi) is 7.52. The van der Waals surface area contributed by atoms with Crippen molar-refractivity contribution in [1.29, 1.82) is 0 Å². The minimum absolute atomic E-state index is 0.00943. The van der Waals surface area contributed by atoms with Gasteiger partial charge in [-0.15, -0.1) is 0 Å². The number of amides is 2. The fraction of sp³-hybridized carbons (Fsp3) is 0.130. The second kappa shape index (κ2) is 10.5. The average Bonchev–Trinajstić information content (AvgIpc) is 2.83. The molecule has 9 nitrogen and oxygen atoms in total. The lowest BCUT2D eigenvalue weighted by Crippen LogP contribution is -2.42. The van der Waals surface area contributed by atoms with Crippen molar-refractivity contribution < 1.29 is 27.5 Å². The van der Waals surface area contributed by atoms with Gasteiger partial charge in [-0.3, -0.25) is 25.2 Å². The van der Waals surface area contributed by atoms with Crippen molar-refractivity contribution in [3.8, 4) is 11.5 Å². The van der Waals surface area contributed by atoms with Crippen LogP contribution >= 0.6 is 0 Å². The highest BCUT2D eigenvalue weighted by atomic mass is 32.2. The van der Waals surface area contributed by atoms with E-state index in [0.717, 1.165) is 0 Å². The Morgan fingerprint density at radius 3 is 2.27 bits per heavy atom. The molecule has 3 aromatic carbocycles. The number of sulfonamides is 1. The number of carbonyl (C=O) groups excluding carboxylic acids is 2. The summed E-state index contributed by atoms with van der Waals surface area (Å²) in [5.74, 6) is 0.0216. The van der Waals surface area contributed by atoms with Gasteiger partial charge in [-0.1, -0.05) is 24.3 Å². The van der Waals surface area contributed by atoms with E-state index in [9.17, 15) is 18.0 Å². The van der Waals surface area contributed by atoms with Crippen LogP contribution in [0.3, 0.4) is 0 Å². The van der Waals surface area contributed by atoms with E-state index in [1.165, 1.54) is 38.5 Å². The fourth-order valence-electron chi connectivity index (χ4n) is 2.94. The van der Waals surface area contributed by atoms with Gasteiger partial charge in [0.05, 0.1) is 25.5 Å². The van der Waals surface area contributed by atoms with Crippen molar-refractivity contribution in [2.75, 3.05) is 18.9 Å². The lowest BCUT2D eigenvalue weighted by molar-refractivity contribution is -0.121. The van der Waals surface area contributed by atoms with Crippen LogP contribution in [0.15, 0.2) is 77.7 Å². The summed E-state index contributed by atoms with van der Waals surface area (Å²) >= 11 is 0. The third-order valence-electron chi connectivity index (χ3n) is 4.61. The molecule has 0 saturated heterocycles. The number of rotatable bonds is 8. The Labute approximate surface area is 191 Å². The molecule has 3 aromatic rings. The molecule has 172 valence electrons. The van der Waals surface area contributed by atoms with Gasteiger partial charge < -0.3 is 9.47 Å². The Balaban J connectivity index is 1.64. The molecule has 2 amide bonds. The summed E-state index contributed by atoms with van der Waals surface area (Å²) in [6, 6.07) is 18.8. The zero-order valence-corrected chi connectivity index (χ0v) is 18.8. The lowest BCUT2D eigenvalue weighted by Gasteiger charge is -2.11. The number of nitrogens with one attached hydrogen (secondary N) is 3. The summed E-state index contributed by atoms with van der Waals surface area (Å²) in [5.41, 5.74) is 5.67. The van der Waals surface area contributed by atoms with Crippen molar-refractivity contribution >= 4 is 27.5 Å². The molecule has 0 aliphatic rings. The van der Waals surface area contributed by atoms with Gasteiger partial charge >= 0.3 is 0 Å². The molecular formula is C23H23N3O6S. The van der Waals surface area contributed by atoms with E-state index in [2.05, 4.69) is 15.6 Å².